The summed E-state index contributed by atoms with van der Waals surface area (Å²) in [5.41, 5.74) is 3.22. The Kier molecular flexibility index (Phi) is 7.85. The lowest BCUT2D eigenvalue weighted by Crippen LogP contribution is -2.30. The van der Waals surface area contributed by atoms with Crippen molar-refractivity contribution in [3.8, 4) is 0 Å². The molecule has 1 aliphatic heterocycles. The first-order valence-electron chi connectivity index (χ1n) is 11.1. The molecular weight excluding hydrogens is 388 g/mol. The van der Waals surface area contributed by atoms with Gasteiger partial charge in [0.15, 0.2) is 0 Å². The Labute approximate surface area is 186 Å². The first kappa shape index (κ1) is 23.0. The number of aromatic nitrogens is 2. The van der Waals surface area contributed by atoms with Gasteiger partial charge in [0, 0.05) is 53.4 Å². The molecule has 168 valence electrons. The number of carbonyl (C=O) groups excluding carboxylic acids is 1. The minimum absolute atomic E-state index is 0.124. The van der Waals surface area contributed by atoms with E-state index in [9.17, 15) is 4.79 Å². The molecule has 0 saturated carbocycles. The van der Waals surface area contributed by atoms with Gasteiger partial charge in [-0.05, 0) is 43.5 Å². The van der Waals surface area contributed by atoms with Crippen LogP contribution in [-0.2, 0) is 17.8 Å². The molecule has 0 spiro atoms. The van der Waals surface area contributed by atoms with Crippen LogP contribution >= 0.6 is 0 Å². The molecule has 1 saturated heterocycles. The molecule has 7 nitrogen and oxygen atoms in total. The van der Waals surface area contributed by atoms with E-state index in [0.717, 1.165) is 42.4 Å². The second-order valence-corrected chi connectivity index (χ2v) is 8.78. The summed E-state index contributed by atoms with van der Waals surface area (Å²) in [4.78, 5) is 28.2. The van der Waals surface area contributed by atoms with E-state index < -0.39 is 0 Å². The van der Waals surface area contributed by atoms with Crippen LogP contribution in [0.2, 0.25) is 0 Å². The molecule has 1 aromatic heterocycles. The Balaban J connectivity index is 1.63. The highest BCUT2D eigenvalue weighted by atomic mass is 16.2. The van der Waals surface area contributed by atoms with E-state index >= 15 is 0 Å². The van der Waals surface area contributed by atoms with E-state index in [0.29, 0.717) is 13.0 Å². The zero-order chi connectivity index (χ0) is 22.4. The number of piperidine rings is 1. The van der Waals surface area contributed by atoms with Crippen LogP contribution in [0.3, 0.4) is 0 Å². The monoisotopic (exact) mass is 424 g/mol. The van der Waals surface area contributed by atoms with Crippen molar-refractivity contribution in [3.63, 3.8) is 0 Å². The van der Waals surface area contributed by atoms with Crippen molar-refractivity contribution in [2.24, 2.45) is 0 Å². The van der Waals surface area contributed by atoms with Gasteiger partial charge >= 0.3 is 0 Å². The SMILES string of the molecule is CN(Cc1cc(N(C)C)nc([C@H]2CCCCN2)n1)C(=O)CCc1ccc(N(C)C)cc1. The molecule has 31 heavy (non-hydrogen) atoms. The van der Waals surface area contributed by atoms with Crippen LogP contribution in [0.1, 0.15) is 48.8 Å². The molecule has 3 rings (SSSR count). The summed E-state index contributed by atoms with van der Waals surface area (Å²) in [6.07, 6.45) is 4.67. The fourth-order valence-electron chi connectivity index (χ4n) is 3.78. The molecule has 1 amide bonds. The van der Waals surface area contributed by atoms with Gasteiger partial charge in [-0.25, -0.2) is 9.97 Å². The van der Waals surface area contributed by atoms with Gasteiger partial charge in [-0.1, -0.05) is 18.6 Å². The van der Waals surface area contributed by atoms with E-state index in [2.05, 4.69) is 34.5 Å². The smallest absolute Gasteiger partial charge is 0.222 e. The van der Waals surface area contributed by atoms with E-state index in [1.807, 2.05) is 46.2 Å². The van der Waals surface area contributed by atoms with Gasteiger partial charge in [-0.2, -0.15) is 0 Å². The third kappa shape index (κ3) is 6.40. The lowest BCUT2D eigenvalue weighted by molar-refractivity contribution is -0.130. The minimum Gasteiger partial charge on any atom is -0.378 e. The Morgan fingerprint density at radius 3 is 2.39 bits per heavy atom. The first-order chi connectivity index (χ1) is 14.8. The van der Waals surface area contributed by atoms with Crippen molar-refractivity contribution in [2.45, 2.75) is 44.7 Å². The third-order valence-corrected chi connectivity index (χ3v) is 5.77. The van der Waals surface area contributed by atoms with Crippen LogP contribution < -0.4 is 15.1 Å². The number of nitrogens with one attached hydrogen (secondary N) is 1. The number of aryl methyl sites for hydroxylation is 1. The topological polar surface area (TPSA) is 64.6 Å². The fraction of sp³-hybridized carbons (Fsp3) is 0.542. The maximum Gasteiger partial charge on any atom is 0.222 e. The number of hydrogen-bond acceptors (Lipinski definition) is 6. The Bertz CT molecular complexity index is 859. The second-order valence-electron chi connectivity index (χ2n) is 8.78. The standard InChI is InChI=1S/C24H36N6O/c1-28(2)20-12-9-18(10-13-20)11-14-23(31)30(5)17-19-16-22(29(3)4)27-24(26-19)21-8-6-7-15-25-21/h9-10,12-13,16,21,25H,6-8,11,14-15,17H2,1-5H3/t21-/m1/s1. The van der Waals surface area contributed by atoms with Crippen LogP contribution in [0.5, 0.6) is 0 Å². The highest BCUT2D eigenvalue weighted by Gasteiger charge is 2.20. The van der Waals surface area contributed by atoms with E-state index in [-0.39, 0.29) is 11.9 Å². The molecule has 2 heterocycles. The minimum atomic E-state index is 0.124. The largest absolute Gasteiger partial charge is 0.378 e. The fourth-order valence-corrected chi connectivity index (χ4v) is 3.78. The molecule has 1 N–H and O–H groups in total. The van der Waals surface area contributed by atoms with Crippen molar-refractivity contribution in [1.29, 1.82) is 0 Å². The van der Waals surface area contributed by atoms with Gasteiger partial charge in [-0.3, -0.25) is 4.79 Å². The van der Waals surface area contributed by atoms with Gasteiger partial charge in [0.25, 0.3) is 0 Å². The van der Waals surface area contributed by atoms with Gasteiger partial charge in [0.05, 0.1) is 18.3 Å². The normalized spacial score (nSPS) is 16.1. The molecule has 7 heteroatoms. The molecule has 2 aromatic rings. The summed E-state index contributed by atoms with van der Waals surface area (Å²) in [7, 11) is 9.88. The average Bonchev–Trinajstić information content (AvgIpc) is 2.78. The van der Waals surface area contributed by atoms with E-state index in [1.165, 1.54) is 18.4 Å². The average molecular weight is 425 g/mol. The number of carbonyl (C=O) groups is 1. The van der Waals surface area contributed by atoms with Crippen LogP contribution in [0, 0.1) is 0 Å². The molecule has 0 unspecified atom stereocenters. The van der Waals surface area contributed by atoms with Crippen molar-refractivity contribution in [3.05, 3.63) is 47.4 Å². The summed E-state index contributed by atoms with van der Waals surface area (Å²) < 4.78 is 0. The maximum atomic E-state index is 12.8. The lowest BCUT2D eigenvalue weighted by atomic mass is 10.0. The van der Waals surface area contributed by atoms with Crippen molar-refractivity contribution < 1.29 is 4.79 Å². The molecule has 1 atom stereocenters. The number of benzene rings is 1. The van der Waals surface area contributed by atoms with Gasteiger partial charge < -0.3 is 20.0 Å². The lowest BCUT2D eigenvalue weighted by Gasteiger charge is -2.25. The number of rotatable bonds is 8. The number of hydrogen-bond donors (Lipinski definition) is 1. The summed E-state index contributed by atoms with van der Waals surface area (Å²) in [5, 5.41) is 3.53. The summed E-state index contributed by atoms with van der Waals surface area (Å²) in [6, 6.07) is 10.6. The van der Waals surface area contributed by atoms with Crippen LogP contribution in [0.15, 0.2) is 30.3 Å². The number of amides is 1. The third-order valence-electron chi connectivity index (χ3n) is 5.77. The first-order valence-corrected chi connectivity index (χ1v) is 11.1. The maximum absolute atomic E-state index is 12.8. The summed E-state index contributed by atoms with van der Waals surface area (Å²) >= 11 is 0. The van der Waals surface area contributed by atoms with Crippen LogP contribution in [0.4, 0.5) is 11.5 Å². The van der Waals surface area contributed by atoms with Gasteiger partial charge in [0.1, 0.15) is 11.6 Å². The predicted molar refractivity (Wildman–Crippen MR) is 127 cm³/mol. The van der Waals surface area contributed by atoms with Crippen molar-refractivity contribution in [2.75, 3.05) is 51.6 Å². The second kappa shape index (κ2) is 10.6. The molecule has 0 radical (unpaired) electrons. The van der Waals surface area contributed by atoms with Crippen LogP contribution in [0.25, 0.3) is 0 Å². The van der Waals surface area contributed by atoms with Gasteiger partial charge in [-0.15, -0.1) is 0 Å². The Hall–Kier alpha value is -2.67. The van der Waals surface area contributed by atoms with E-state index in [1.54, 1.807) is 4.90 Å². The molecule has 1 aliphatic rings. The molecule has 0 bridgehead atoms. The van der Waals surface area contributed by atoms with Crippen molar-refractivity contribution in [1.82, 2.24) is 20.2 Å². The molecule has 1 fully saturated rings. The highest BCUT2D eigenvalue weighted by Crippen LogP contribution is 2.23. The van der Waals surface area contributed by atoms with Crippen molar-refractivity contribution >= 4 is 17.4 Å². The highest BCUT2D eigenvalue weighted by molar-refractivity contribution is 5.76. The summed E-state index contributed by atoms with van der Waals surface area (Å²) in [5.74, 6) is 1.84. The zero-order valence-corrected chi connectivity index (χ0v) is 19.6. The molecule has 1 aromatic carbocycles. The predicted octanol–water partition coefficient (Wildman–Crippen LogP) is 3.01. The number of anilines is 2. The van der Waals surface area contributed by atoms with Crippen LogP contribution in [-0.4, -0.2) is 62.6 Å². The quantitative estimate of drug-likeness (QED) is 0.703. The Morgan fingerprint density at radius 2 is 1.77 bits per heavy atom. The number of nitrogens with zero attached hydrogens (tertiary/aromatic N) is 5. The zero-order valence-electron chi connectivity index (χ0n) is 19.6. The Morgan fingerprint density at radius 1 is 1.03 bits per heavy atom. The van der Waals surface area contributed by atoms with E-state index in [4.69, 9.17) is 9.97 Å². The summed E-state index contributed by atoms with van der Waals surface area (Å²) in [6.45, 7) is 1.49. The van der Waals surface area contributed by atoms with Gasteiger partial charge in [0.2, 0.25) is 5.91 Å². The molecule has 0 aliphatic carbocycles. The molecular formula is C24H36N6O.